The molecule has 0 spiro atoms. The molecular formula is C25H22Cl2N2O7. The summed E-state index contributed by atoms with van der Waals surface area (Å²) < 4.78 is 9.66. The number of esters is 2. The highest BCUT2D eigenvalue weighted by Crippen LogP contribution is 2.43. The van der Waals surface area contributed by atoms with Crippen LogP contribution < -0.4 is 10.2 Å². The number of anilines is 2. The molecule has 1 aliphatic carbocycles. The van der Waals surface area contributed by atoms with Gasteiger partial charge in [0.2, 0.25) is 11.8 Å². The lowest BCUT2D eigenvalue weighted by molar-refractivity contribution is -0.122. The van der Waals surface area contributed by atoms with Gasteiger partial charge in [0.25, 0.3) is 5.91 Å². The highest BCUT2D eigenvalue weighted by Gasteiger charge is 2.52. The quantitative estimate of drug-likeness (QED) is 0.344. The first-order valence-electron chi connectivity index (χ1n) is 11.1. The molecule has 9 nitrogen and oxygen atoms in total. The van der Waals surface area contributed by atoms with E-state index in [1.165, 1.54) is 55.6 Å². The standard InChI is InChI=1S/C25H22Cl2N2O7/c1-35-24(33)13-2-6-15(7-3-13)28-21(30)12-36-25(34)14-4-8-16(9-5-14)29-22(31)17-10-19(26)20(27)11-18(17)23(29)32/h2-9,17-20H,10-12H2,1H3,(H,28,30)/t17-,18+,19-,20-/m0/s1. The van der Waals surface area contributed by atoms with E-state index < -0.39 is 36.3 Å². The molecule has 2 aromatic rings. The predicted octanol–water partition coefficient (Wildman–Crippen LogP) is 3.38. The van der Waals surface area contributed by atoms with Gasteiger partial charge in [-0.25, -0.2) is 9.59 Å². The summed E-state index contributed by atoms with van der Waals surface area (Å²) in [5.74, 6) is -3.49. The van der Waals surface area contributed by atoms with Crippen LogP contribution in [0.5, 0.6) is 0 Å². The average Bonchev–Trinajstić information content (AvgIpc) is 3.11. The van der Waals surface area contributed by atoms with Crippen molar-refractivity contribution in [3.63, 3.8) is 0 Å². The fraction of sp³-hybridized carbons (Fsp3) is 0.320. The number of methoxy groups -OCH3 is 1. The summed E-state index contributed by atoms with van der Waals surface area (Å²) in [4.78, 5) is 62.8. The molecule has 1 N–H and O–H groups in total. The van der Waals surface area contributed by atoms with Crippen molar-refractivity contribution in [3.8, 4) is 0 Å². The molecule has 1 saturated carbocycles. The minimum atomic E-state index is -0.750. The third-order valence-electron chi connectivity index (χ3n) is 6.20. The molecule has 0 unspecified atom stereocenters. The molecule has 1 saturated heterocycles. The van der Waals surface area contributed by atoms with Crippen molar-refractivity contribution in [1.82, 2.24) is 0 Å². The summed E-state index contributed by atoms with van der Waals surface area (Å²) in [6.45, 7) is -0.537. The Bertz CT molecular complexity index is 1170. The molecule has 4 rings (SSSR count). The van der Waals surface area contributed by atoms with Gasteiger partial charge >= 0.3 is 11.9 Å². The normalized spacial score (nSPS) is 23.1. The molecule has 0 aromatic heterocycles. The SMILES string of the molecule is COC(=O)c1ccc(NC(=O)COC(=O)c2ccc(N3C(=O)[C@H]4C[C@H](Cl)[C@@H](Cl)C[C@H]4C3=O)cc2)cc1. The van der Waals surface area contributed by atoms with E-state index in [0.29, 0.717) is 29.8 Å². The maximum atomic E-state index is 12.9. The first kappa shape index (κ1) is 25.7. The third kappa shape index (κ3) is 5.22. The Morgan fingerprint density at radius 2 is 1.36 bits per heavy atom. The van der Waals surface area contributed by atoms with Crippen LogP contribution in [0.4, 0.5) is 11.4 Å². The van der Waals surface area contributed by atoms with Gasteiger partial charge in [-0.15, -0.1) is 23.2 Å². The summed E-state index contributed by atoms with van der Waals surface area (Å²) >= 11 is 12.4. The van der Waals surface area contributed by atoms with Crippen LogP contribution >= 0.6 is 23.2 Å². The van der Waals surface area contributed by atoms with E-state index in [1.807, 2.05) is 0 Å². The first-order chi connectivity index (χ1) is 17.2. The van der Waals surface area contributed by atoms with Gasteiger partial charge in [-0.3, -0.25) is 19.3 Å². The predicted molar refractivity (Wildman–Crippen MR) is 131 cm³/mol. The molecule has 2 fully saturated rings. The number of alkyl halides is 2. The molecule has 2 aliphatic rings. The molecular weight excluding hydrogens is 511 g/mol. The number of halogens is 2. The highest BCUT2D eigenvalue weighted by atomic mass is 35.5. The first-order valence-corrected chi connectivity index (χ1v) is 12.0. The Labute approximate surface area is 216 Å². The van der Waals surface area contributed by atoms with Gasteiger partial charge in [0, 0.05) is 5.69 Å². The van der Waals surface area contributed by atoms with E-state index in [9.17, 15) is 24.0 Å². The van der Waals surface area contributed by atoms with E-state index in [0.717, 1.165) is 4.90 Å². The summed E-state index contributed by atoms with van der Waals surface area (Å²) in [5, 5.41) is 1.80. The molecule has 11 heteroatoms. The number of hydrogen-bond donors (Lipinski definition) is 1. The largest absolute Gasteiger partial charge is 0.465 e. The maximum Gasteiger partial charge on any atom is 0.338 e. The van der Waals surface area contributed by atoms with E-state index >= 15 is 0 Å². The number of nitrogens with one attached hydrogen (secondary N) is 1. The van der Waals surface area contributed by atoms with E-state index in [-0.39, 0.29) is 28.1 Å². The molecule has 3 amide bonds. The zero-order valence-electron chi connectivity index (χ0n) is 19.1. The zero-order chi connectivity index (χ0) is 26.0. The van der Waals surface area contributed by atoms with Crippen LogP contribution in [-0.2, 0) is 23.9 Å². The fourth-order valence-corrected chi connectivity index (χ4v) is 4.90. The Morgan fingerprint density at radius 3 is 1.89 bits per heavy atom. The summed E-state index contributed by atoms with van der Waals surface area (Å²) in [6.07, 6.45) is 0.673. The Kier molecular flexibility index (Phi) is 7.61. The molecule has 0 radical (unpaired) electrons. The topological polar surface area (TPSA) is 119 Å². The van der Waals surface area contributed by atoms with Crippen LogP contribution in [0.15, 0.2) is 48.5 Å². The smallest absolute Gasteiger partial charge is 0.338 e. The van der Waals surface area contributed by atoms with Gasteiger partial charge in [-0.05, 0) is 61.4 Å². The Balaban J connectivity index is 1.33. The van der Waals surface area contributed by atoms with E-state index in [4.69, 9.17) is 27.9 Å². The average molecular weight is 533 g/mol. The van der Waals surface area contributed by atoms with Crippen molar-refractivity contribution in [2.24, 2.45) is 11.8 Å². The minimum Gasteiger partial charge on any atom is -0.465 e. The van der Waals surface area contributed by atoms with Gasteiger partial charge in [0.1, 0.15) is 0 Å². The summed E-state index contributed by atoms with van der Waals surface area (Å²) in [7, 11) is 1.27. The van der Waals surface area contributed by atoms with Crippen molar-refractivity contribution in [1.29, 1.82) is 0 Å². The number of ether oxygens (including phenoxy) is 2. The minimum absolute atomic E-state index is 0.145. The number of amides is 3. The highest BCUT2D eigenvalue weighted by molar-refractivity contribution is 6.31. The fourth-order valence-electron chi connectivity index (χ4n) is 4.32. The van der Waals surface area contributed by atoms with Crippen LogP contribution in [0.3, 0.4) is 0 Å². The number of imide groups is 1. The van der Waals surface area contributed by atoms with Gasteiger partial charge in [0.05, 0.1) is 46.5 Å². The van der Waals surface area contributed by atoms with Crippen molar-refractivity contribution >= 4 is 64.2 Å². The number of benzene rings is 2. The van der Waals surface area contributed by atoms with E-state index in [2.05, 4.69) is 10.1 Å². The number of hydrogen-bond acceptors (Lipinski definition) is 7. The third-order valence-corrected chi connectivity index (χ3v) is 7.29. The van der Waals surface area contributed by atoms with Crippen LogP contribution in [0.2, 0.25) is 0 Å². The molecule has 188 valence electrons. The molecule has 4 atom stereocenters. The zero-order valence-corrected chi connectivity index (χ0v) is 20.6. The monoisotopic (exact) mass is 532 g/mol. The lowest BCUT2D eigenvalue weighted by atomic mass is 9.80. The van der Waals surface area contributed by atoms with Gasteiger partial charge in [-0.1, -0.05) is 0 Å². The lowest BCUT2D eigenvalue weighted by Gasteiger charge is -2.28. The Morgan fingerprint density at radius 1 is 0.861 bits per heavy atom. The number of rotatable bonds is 6. The lowest BCUT2D eigenvalue weighted by Crippen LogP contribution is -2.34. The number of carbonyl (C=O) groups is 5. The second-order valence-corrected chi connectivity index (χ2v) is 9.59. The van der Waals surface area contributed by atoms with Crippen molar-refractivity contribution in [2.45, 2.75) is 23.6 Å². The molecule has 1 heterocycles. The summed E-state index contributed by atoms with van der Waals surface area (Å²) in [5.41, 5.74) is 1.22. The van der Waals surface area contributed by atoms with Gasteiger partial charge in [-0.2, -0.15) is 0 Å². The van der Waals surface area contributed by atoms with Gasteiger partial charge < -0.3 is 14.8 Å². The second kappa shape index (κ2) is 10.7. The van der Waals surface area contributed by atoms with Crippen LogP contribution in [-0.4, -0.2) is 54.1 Å². The second-order valence-electron chi connectivity index (χ2n) is 8.47. The number of nitrogens with zero attached hydrogens (tertiary/aromatic N) is 1. The maximum absolute atomic E-state index is 12.9. The number of fused-ring (bicyclic) bond motifs is 1. The molecule has 0 bridgehead atoms. The van der Waals surface area contributed by atoms with Crippen molar-refractivity contribution in [2.75, 3.05) is 23.9 Å². The summed E-state index contributed by atoms with van der Waals surface area (Å²) in [6, 6.07) is 11.8. The van der Waals surface area contributed by atoms with Crippen molar-refractivity contribution in [3.05, 3.63) is 59.7 Å². The van der Waals surface area contributed by atoms with Crippen LogP contribution in [0, 0.1) is 11.8 Å². The van der Waals surface area contributed by atoms with Gasteiger partial charge in [0.15, 0.2) is 6.61 Å². The van der Waals surface area contributed by atoms with Crippen LogP contribution in [0.1, 0.15) is 33.6 Å². The molecule has 36 heavy (non-hydrogen) atoms. The molecule has 2 aromatic carbocycles. The number of carbonyl (C=O) groups excluding carboxylic acids is 5. The Hall–Kier alpha value is -3.43. The molecule has 1 aliphatic heterocycles. The van der Waals surface area contributed by atoms with E-state index in [1.54, 1.807) is 0 Å². The van der Waals surface area contributed by atoms with Crippen molar-refractivity contribution < 1.29 is 33.4 Å². The van der Waals surface area contributed by atoms with Crippen LogP contribution in [0.25, 0.3) is 0 Å².